The van der Waals surface area contributed by atoms with Gasteiger partial charge >= 0.3 is 6.09 Å². The standard InChI is InChI=1S/C14H30N2O2/c1-7-9-15(10-8-2)11-12(3)16(13(17)18)14(4,5)6/h12H,7-11H2,1-6H3,(H,17,18)/t12-/m1/s1. The molecule has 0 aliphatic rings. The molecule has 1 amide bonds. The maximum atomic E-state index is 11.4. The molecular formula is C14H30N2O2. The minimum atomic E-state index is -0.831. The lowest BCUT2D eigenvalue weighted by atomic mass is 10.0. The van der Waals surface area contributed by atoms with E-state index in [9.17, 15) is 9.90 Å². The smallest absolute Gasteiger partial charge is 0.408 e. The van der Waals surface area contributed by atoms with Crippen molar-refractivity contribution in [1.82, 2.24) is 9.80 Å². The van der Waals surface area contributed by atoms with Crippen molar-refractivity contribution in [2.45, 2.75) is 66.0 Å². The Kier molecular flexibility index (Phi) is 7.29. The van der Waals surface area contributed by atoms with Gasteiger partial charge in [0.1, 0.15) is 0 Å². The molecule has 0 aliphatic carbocycles. The minimum absolute atomic E-state index is 0.0144. The number of hydrogen-bond acceptors (Lipinski definition) is 2. The highest BCUT2D eigenvalue weighted by molar-refractivity contribution is 5.66. The molecule has 0 saturated carbocycles. The molecule has 18 heavy (non-hydrogen) atoms. The van der Waals surface area contributed by atoms with Gasteiger partial charge in [-0.3, -0.25) is 4.90 Å². The van der Waals surface area contributed by atoms with Crippen LogP contribution in [0.5, 0.6) is 0 Å². The van der Waals surface area contributed by atoms with Gasteiger partial charge in [-0.05, 0) is 53.6 Å². The van der Waals surface area contributed by atoms with E-state index in [0.717, 1.165) is 32.5 Å². The molecular weight excluding hydrogens is 228 g/mol. The van der Waals surface area contributed by atoms with E-state index >= 15 is 0 Å². The lowest BCUT2D eigenvalue weighted by Crippen LogP contribution is -2.53. The van der Waals surface area contributed by atoms with E-state index < -0.39 is 6.09 Å². The van der Waals surface area contributed by atoms with E-state index in [2.05, 4.69) is 18.7 Å². The number of carboxylic acid groups (broad SMARTS) is 1. The zero-order chi connectivity index (χ0) is 14.3. The van der Waals surface area contributed by atoms with Gasteiger partial charge in [0, 0.05) is 18.1 Å². The van der Waals surface area contributed by atoms with Crippen LogP contribution < -0.4 is 0 Å². The van der Waals surface area contributed by atoms with Crippen LogP contribution in [0.1, 0.15) is 54.4 Å². The predicted octanol–water partition coefficient (Wildman–Crippen LogP) is 3.28. The molecule has 1 N–H and O–H groups in total. The van der Waals surface area contributed by atoms with Gasteiger partial charge in [-0.1, -0.05) is 13.8 Å². The van der Waals surface area contributed by atoms with Crippen LogP contribution in [0.15, 0.2) is 0 Å². The Morgan fingerprint density at radius 1 is 1.17 bits per heavy atom. The third-order valence-electron chi connectivity index (χ3n) is 2.97. The average Bonchev–Trinajstić information content (AvgIpc) is 2.14. The largest absolute Gasteiger partial charge is 0.465 e. The van der Waals surface area contributed by atoms with Crippen LogP contribution in [-0.4, -0.2) is 52.2 Å². The Balaban J connectivity index is 4.67. The van der Waals surface area contributed by atoms with Gasteiger partial charge in [-0.25, -0.2) is 4.79 Å². The lowest BCUT2D eigenvalue weighted by Gasteiger charge is -2.40. The SMILES string of the molecule is CCCN(CCC)C[C@@H](C)N(C(=O)O)C(C)(C)C. The molecule has 0 rings (SSSR count). The summed E-state index contributed by atoms with van der Waals surface area (Å²) in [6, 6.07) is 0.0144. The maximum absolute atomic E-state index is 11.4. The quantitative estimate of drug-likeness (QED) is 0.762. The van der Waals surface area contributed by atoms with E-state index in [-0.39, 0.29) is 11.6 Å². The number of nitrogens with zero attached hydrogens (tertiary/aromatic N) is 2. The number of hydrogen-bond donors (Lipinski definition) is 1. The summed E-state index contributed by atoms with van der Waals surface area (Å²) >= 11 is 0. The molecule has 0 aromatic carbocycles. The fourth-order valence-corrected chi connectivity index (χ4v) is 2.52. The molecule has 0 fully saturated rings. The predicted molar refractivity (Wildman–Crippen MR) is 76.1 cm³/mol. The van der Waals surface area contributed by atoms with Gasteiger partial charge in [0.25, 0.3) is 0 Å². The summed E-state index contributed by atoms with van der Waals surface area (Å²) in [6.07, 6.45) is 1.38. The molecule has 0 aromatic rings. The van der Waals surface area contributed by atoms with Crippen LogP contribution in [0, 0.1) is 0 Å². The molecule has 0 saturated heterocycles. The van der Waals surface area contributed by atoms with Gasteiger partial charge < -0.3 is 10.0 Å². The summed E-state index contributed by atoms with van der Waals surface area (Å²) in [5.74, 6) is 0. The van der Waals surface area contributed by atoms with Gasteiger partial charge in [-0.15, -0.1) is 0 Å². The zero-order valence-electron chi connectivity index (χ0n) is 12.9. The molecule has 0 heterocycles. The number of rotatable bonds is 7. The molecule has 4 nitrogen and oxygen atoms in total. The van der Waals surface area contributed by atoms with Crippen LogP contribution in [0.3, 0.4) is 0 Å². The topological polar surface area (TPSA) is 43.8 Å². The van der Waals surface area contributed by atoms with E-state index in [4.69, 9.17) is 0 Å². The van der Waals surface area contributed by atoms with E-state index in [1.165, 1.54) is 0 Å². The Morgan fingerprint density at radius 2 is 1.61 bits per heavy atom. The summed E-state index contributed by atoms with van der Waals surface area (Å²) in [7, 11) is 0. The van der Waals surface area contributed by atoms with Crippen LogP contribution in [0.2, 0.25) is 0 Å². The summed E-state index contributed by atoms with van der Waals surface area (Å²) in [5, 5.41) is 9.36. The van der Waals surface area contributed by atoms with Gasteiger partial charge in [0.2, 0.25) is 0 Å². The molecule has 0 aliphatic heterocycles. The van der Waals surface area contributed by atoms with Crippen molar-refractivity contribution in [3.8, 4) is 0 Å². The first-order valence-corrected chi connectivity index (χ1v) is 6.98. The van der Waals surface area contributed by atoms with Crippen LogP contribution in [0.25, 0.3) is 0 Å². The highest BCUT2D eigenvalue weighted by atomic mass is 16.4. The van der Waals surface area contributed by atoms with E-state index in [1.54, 1.807) is 4.90 Å². The van der Waals surface area contributed by atoms with Crippen LogP contribution >= 0.6 is 0 Å². The monoisotopic (exact) mass is 258 g/mol. The molecule has 0 unspecified atom stereocenters. The van der Waals surface area contributed by atoms with Crippen molar-refractivity contribution in [2.75, 3.05) is 19.6 Å². The fraction of sp³-hybridized carbons (Fsp3) is 0.929. The van der Waals surface area contributed by atoms with Crippen molar-refractivity contribution in [3.63, 3.8) is 0 Å². The lowest BCUT2D eigenvalue weighted by molar-refractivity contribution is 0.0606. The number of amides is 1. The zero-order valence-corrected chi connectivity index (χ0v) is 12.9. The maximum Gasteiger partial charge on any atom is 0.408 e. The first kappa shape index (κ1) is 17.2. The minimum Gasteiger partial charge on any atom is -0.465 e. The summed E-state index contributed by atoms with van der Waals surface area (Å²) in [6.45, 7) is 15.0. The Hall–Kier alpha value is -0.770. The van der Waals surface area contributed by atoms with Gasteiger partial charge in [0.15, 0.2) is 0 Å². The second kappa shape index (κ2) is 7.62. The number of carbonyl (C=O) groups is 1. The van der Waals surface area contributed by atoms with Crippen molar-refractivity contribution < 1.29 is 9.90 Å². The van der Waals surface area contributed by atoms with Crippen LogP contribution in [-0.2, 0) is 0 Å². The molecule has 0 spiro atoms. The Bertz CT molecular complexity index is 243. The van der Waals surface area contributed by atoms with Crippen molar-refractivity contribution in [1.29, 1.82) is 0 Å². The van der Waals surface area contributed by atoms with Crippen molar-refractivity contribution in [3.05, 3.63) is 0 Å². The first-order chi connectivity index (χ1) is 8.23. The Labute approximate surface area is 112 Å². The molecule has 0 bridgehead atoms. The van der Waals surface area contributed by atoms with Crippen molar-refractivity contribution >= 4 is 6.09 Å². The molecule has 0 radical (unpaired) electrons. The van der Waals surface area contributed by atoms with Crippen molar-refractivity contribution in [2.24, 2.45) is 0 Å². The molecule has 1 atom stereocenters. The second-order valence-corrected chi connectivity index (χ2v) is 5.97. The first-order valence-electron chi connectivity index (χ1n) is 6.98. The fourth-order valence-electron chi connectivity index (χ4n) is 2.52. The average molecular weight is 258 g/mol. The van der Waals surface area contributed by atoms with E-state index in [1.807, 2.05) is 27.7 Å². The molecule has 108 valence electrons. The Morgan fingerprint density at radius 3 is 1.89 bits per heavy atom. The third-order valence-corrected chi connectivity index (χ3v) is 2.97. The normalized spacial score (nSPS) is 13.7. The van der Waals surface area contributed by atoms with Gasteiger partial charge in [-0.2, -0.15) is 0 Å². The highest BCUT2D eigenvalue weighted by Gasteiger charge is 2.31. The van der Waals surface area contributed by atoms with Crippen LogP contribution in [0.4, 0.5) is 4.79 Å². The summed E-state index contributed by atoms with van der Waals surface area (Å²) in [5.41, 5.74) is -0.352. The third kappa shape index (κ3) is 5.71. The van der Waals surface area contributed by atoms with Gasteiger partial charge in [0.05, 0.1) is 0 Å². The second-order valence-electron chi connectivity index (χ2n) is 5.97. The highest BCUT2D eigenvalue weighted by Crippen LogP contribution is 2.18. The van der Waals surface area contributed by atoms with E-state index in [0.29, 0.717) is 0 Å². The molecule has 4 heteroatoms. The summed E-state index contributed by atoms with van der Waals surface area (Å²) < 4.78 is 0. The summed E-state index contributed by atoms with van der Waals surface area (Å²) in [4.78, 5) is 15.3. The molecule has 0 aromatic heterocycles.